The zero-order valence-corrected chi connectivity index (χ0v) is 12.2. The van der Waals surface area contributed by atoms with Crippen molar-refractivity contribution in [2.24, 2.45) is 5.92 Å². The van der Waals surface area contributed by atoms with Gasteiger partial charge in [-0.05, 0) is 36.5 Å². The predicted octanol–water partition coefficient (Wildman–Crippen LogP) is 3.29. The Kier molecular flexibility index (Phi) is 4.30. The molecule has 1 unspecified atom stereocenters. The smallest absolute Gasteiger partial charge is 0.165 e. The maximum Gasteiger partial charge on any atom is 0.165 e. The number of hydrogen-bond donors (Lipinski definition) is 1. The van der Waals surface area contributed by atoms with Gasteiger partial charge in [-0.3, -0.25) is 9.78 Å². The molecule has 1 N–H and O–H groups in total. The van der Waals surface area contributed by atoms with Gasteiger partial charge < -0.3 is 5.11 Å². The van der Waals surface area contributed by atoms with Gasteiger partial charge in [0, 0.05) is 18.0 Å². The van der Waals surface area contributed by atoms with Gasteiger partial charge in [0.2, 0.25) is 0 Å². The lowest BCUT2D eigenvalue weighted by molar-refractivity contribution is -0.129. The number of rotatable bonds is 4. The molecule has 1 heterocycles. The SMILES string of the molecule is O=C(Cc1ccnc2ccccc12)C(O)C1CCCCC1. The molecule has 110 valence electrons. The second-order valence-corrected chi connectivity index (χ2v) is 5.97. The molecule has 1 aliphatic rings. The van der Waals surface area contributed by atoms with Crippen LogP contribution in [0.4, 0.5) is 0 Å². The van der Waals surface area contributed by atoms with Crippen LogP contribution in [0.2, 0.25) is 0 Å². The fourth-order valence-electron chi connectivity index (χ4n) is 3.31. The van der Waals surface area contributed by atoms with Gasteiger partial charge in [0.25, 0.3) is 0 Å². The van der Waals surface area contributed by atoms with Crippen LogP contribution in [0.3, 0.4) is 0 Å². The van der Waals surface area contributed by atoms with Gasteiger partial charge in [0.05, 0.1) is 5.52 Å². The lowest BCUT2D eigenvalue weighted by atomic mass is 9.83. The zero-order chi connectivity index (χ0) is 14.7. The quantitative estimate of drug-likeness (QED) is 0.936. The fraction of sp³-hybridized carbons (Fsp3) is 0.444. The number of carbonyl (C=O) groups excluding carboxylic acids is 1. The third-order valence-electron chi connectivity index (χ3n) is 4.53. The van der Waals surface area contributed by atoms with Crippen molar-refractivity contribution in [1.29, 1.82) is 0 Å². The van der Waals surface area contributed by atoms with Crippen molar-refractivity contribution in [2.45, 2.75) is 44.6 Å². The minimum Gasteiger partial charge on any atom is -0.385 e. The van der Waals surface area contributed by atoms with Gasteiger partial charge >= 0.3 is 0 Å². The van der Waals surface area contributed by atoms with E-state index in [9.17, 15) is 9.90 Å². The highest BCUT2D eigenvalue weighted by Crippen LogP contribution is 2.27. The number of fused-ring (bicyclic) bond motifs is 1. The first kappa shape index (κ1) is 14.2. The van der Waals surface area contributed by atoms with E-state index in [1.54, 1.807) is 6.20 Å². The minimum absolute atomic E-state index is 0.0572. The summed E-state index contributed by atoms with van der Waals surface area (Å²) in [5.74, 6) is 0.0950. The molecule has 1 aromatic heterocycles. The number of Topliss-reactive ketones (excluding diaryl/α,β-unsaturated/α-hetero) is 1. The highest BCUT2D eigenvalue weighted by Gasteiger charge is 2.27. The molecule has 3 heteroatoms. The van der Waals surface area contributed by atoms with E-state index in [1.165, 1.54) is 6.42 Å². The van der Waals surface area contributed by atoms with Crippen molar-refractivity contribution < 1.29 is 9.90 Å². The van der Waals surface area contributed by atoms with E-state index in [2.05, 4.69) is 4.98 Å². The van der Waals surface area contributed by atoms with E-state index in [4.69, 9.17) is 0 Å². The fourth-order valence-corrected chi connectivity index (χ4v) is 3.31. The molecular formula is C18H21NO2. The van der Waals surface area contributed by atoms with Gasteiger partial charge in [0.15, 0.2) is 5.78 Å². The maximum atomic E-state index is 12.4. The monoisotopic (exact) mass is 283 g/mol. The minimum atomic E-state index is -0.808. The second kappa shape index (κ2) is 6.35. The summed E-state index contributed by atoms with van der Waals surface area (Å²) in [5, 5.41) is 11.3. The lowest BCUT2D eigenvalue weighted by Crippen LogP contribution is -2.32. The number of aliphatic hydroxyl groups is 1. The molecule has 1 aromatic carbocycles. The highest BCUT2D eigenvalue weighted by molar-refractivity contribution is 5.91. The Hall–Kier alpha value is -1.74. The van der Waals surface area contributed by atoms with Crippen molar-refractivity contribution in [2.75, 3.05) is 0 Å². The first-order valence-corrected chi connectivity index (χ1v) is 7.79. The Morgan fingerprint density at radius 1 is 1.19 bits per heavy atom. The normalized spacial score (nSPS) is 17.8. The molecule has 2 aromatic rings. The Morgan fingerprint density at radius 2 is 1.95 bits per heavy atom. The van der Waals surface area contributed by atoms with Crippen LogP contribution in [0.5, 0.6) is 0 Å². The molecule has 1 aliphatic carbocycles. The Morgan fingerprint density at radius 3 is 2.76 bits per heavy atom. The number of carbonyl (C=O) groups is 1. The third-order valence-corrected chi connectivity index (χ3v) is 4.53. The number of hydrogen-bond acceptors (Lipinski definition) is 3. The van der Waals surface area contributed by atoms with E-state index >= 15 is 0 Å². The van der Waals surface area contributed by atoms with Crippen LogP contribution < -0.4 is 0 Å². The zero-order valence-electron chi connectivity index (χ0n) is 12.2. The number of pyridine rings is 1. The molecule has 3 nitrogen and oxygen atoms in total. The lowest BCUT2D eigenvalue weighted by Gasteiger charge is -2.25. The Labute approximate surface area is 125 Å². The van der Waals surface area contributed by atoms with E-state index in [0.29, 0.717) is 6.42 Å². The summed E-state index contributed by atoms with van der Waals surface area (Å²) in [6, 6.07) is 9.71. The predicted molar refractivity (Wildman–Crippen MR) is 83.0 cm³/mol. The van der Waals surface area contributed by atoms with Crippen molar-refractivity contribution >= 4 is 16.7 Å². The first-order valence-electron chi connectivity index (χ1n) is 7.79. The molecule has 0 saturated heterocycles. The van der Waals surface area contributed by atoms with E-state index < -0.39 is 6.10 Å². The van der Waals surface area contributed by atoms with Crippen LogP contribution in [0.15, 0.2) is 36.5 Å². The summed E-state index contributed by atoms with van der Waals surface area (Å²) in [7, 11) is 0. The van der Waals surface area contributed by atoms with Crippen LogP contribution in [-0.4, -0.2) is 22.0 Å². The van der Waals surface area contributed by atoms with E-state index in [-0.39, 0.29) is 11.7 Å². The van der Waals surface area contributed by atoms with E-state index in [0.717, 1.165) is 42.1 Å². The van der Waals surface area contributed by atoms with Crippen molar-refractivity contribution in [3.8, 4) is 0 Å². The van der Waals surface area contributed by atoms with Gasteiger partial charge in [-0.15, -0.1) is 0 Å². The number of ketones is 1. The van der Waals surface area contributed by atoms with Crippen LogP contribution in [-0.2, 0) is 11.2 Å². The van der Waals surface area contributed by atoms with Crippen LogP contribution in [0.1, 0.15) is 37.7 Å². The van der Waals surface area contributed by atoms with Gasteiger partial charge in [-0.25, -0.2) is 0 Å². The average molecular weight is 283 g/mol. The molecule has 0 spiro atoms. The summed E-state index contributed by atoms with van der Waals surface area (Å²) < 4.78 is 0. The summed E-state index contributed by atoms with van der Waals surface area (Å²) in [4.78, 5) is 16.7. The largest absolute Gasteiger partial charge is 0.385 e. The van der Waals surface area contributed by atoms with Crippen LogP contribution >= 0.6 is 0 Å². The Balaban J connectivity index is 1.76. The first-order chi connectivity index (χ1) is 10.3. The number of aromatic nitrogens is 1. The molecule has 0 radical (unpaired) electrons. The van der Waals surface area contributed by atoms with Gasteiger partial charge in [-0.2, -0.15) is 0 Å². The molecule has 0 aliphatic heterocycles. The van der Waals surface area contributed by atoms with Gasteiger partial charge in [-0.1, -0.05) is 37.5 Å². The molecule has 21 heavy (non-hydrogen) atoms. The third kappa shape index (κ3) is 3.13. The van der Waals surface area contributed by atoms with Crippen LogP contribution in [0.25, 0.3) is 10.9 Å². The molecule has 0 amide bonds. The van der Waals surface area contributed by atoms with Crippen molar-refractivity contribution in [1.82, 2.24) is 4.98 Å². The van der Waals surface area contributed by atoms with Crippen molar-refractivity contribution in [3.63, 3.8) is 0 Å². The second-order valence-electron chi connectivity index (χ2n) is 5.97. The summed E-state index contributed by atoms with van der Waals surface area (Å²) in [6.45, 7) is 0. The van der Waals surface area contributed by atoms with E-state index in [1.807, 2.05) is 30.3 Å². The number of para-hydroxylation sites is 1. The maximum absolute atomic E-state index is 12.4. The molecular weight excluding hydrogens is 262 g/mol. The number of aliphatic hydroxyl groups excluding tert-OH is 1. The molecule has 1 saturated carbocycles. The topological polar surface area (TPSA) is 50.2 Å². The summed E-state index contributed by atoms with van der Waals surface area (Å²) in [6.07, 6.45) is 6.66. The van der Waals surface area contributed by atoms with Crippen molar-refractivity contribution in [3.05, 3.63) is 42.1 Å². The standard InChI is InChI=1S/C18H21NO2/c20-17(18(21)13-6-2-1-3-7-13)12-14-10-11-19-16-9-5-4-8-15(14)16/h4-5,8-11,13,18,21H,1-3,6-7,12H2. The molecule has 1 fully saturated rings. The summed E-state index contributed by atoms with van der Waals surface area (Å²) in [5.41, 5.74) is 1.86. The number of nitrogens with zero attached hydrogens (tertiary/aromatic N) is 1. The summed E-state index contributed by atoms with van der Waals surface area (Å²) >= 11 is 0. The highest BCUT2D eigenvalue weighted by atomic mass is 16.3. The average Bonchev–Trinajstić information content (AvgIpc) is 2.55. The van der Waals surface area contributed by atoms with Gasteiger partial charge in [0.1, 0.15) is 6.10 Å². The molecule has 1 atom stereocenters. The number of benzene rings is 1. The molecule has 0 bridgehead atoms. The Bertz CT molecular complexity index is 627. The molecule has 3 rings (SSSR count). The van der Waals surface area contributed by atoms with Crippen LogP contribution in [0, 0.1) is 5.92 Å².